The van der Waals surface area contributed by atoms with Gasteiger partial charge in [0.1, 0.15) is 22.0 Å². The number of aromatic nitrogens is 4. The van der Waals surface area contributed by atoms with E-state index in [9.17, 15) is 9.59 Å². The summed E-state index contributed by atoms with van der Waals surface area (Å²) in [6, 6.07) is 8.70. The molecule has 1 atom stereocenters. The zero-order chi connectivity index (χ0) is 23.5. The summed E-state index contributed by atoms with van der Waals surface area (Å²) in [5.41, 5.74) is 1.35. The van der Waals surface area contributed by atoms with Crippen molar-refractivity contribution in [3.8, 4) is 0 Å². The Morgan fingerprint density at radius 3 is 2.53 bits per heavy atom. The predicted octanol–water partition coefficient (Wildman–Crippen LogP) is 4.75. The van der Waals surface area contributed by atoms with E-state index in [0.29, 0.717) is 29.7 Å². The third-order valence-corrected chi connectivity index (χ3v) is 5.10. The van der Waals surface area contributed by atoms with Crippen LogP contribution in [0.15, 0.2) is 41.3 Å². The van der Waals surface area contributed by atoms with Crippen LogP contribution in [0.25, 0.3) is 11.2 Å². The van der Waals surface area contributed by atoms with Crippen LogP contribution in [0.5, 0.6) is 0 Å². The lowest BCUT2D eigenvalue weighted by Crippen LogP contribution is -2.33. The minimum atomic E-state index is -0.539. The Hall–Kier alpha value is -2.80. The van der Waals surface area contributed by atoms with Crippen LogP contribution in [0.1, 0.15) is 64.9 Å². The number of pyridine rings is 2. The Kier molecular flexibility index (Phi) is 7.29. The maximum absolute atomic E-state index is 13.6. The second-order valence-electron chi connectivity index (χ2n) is 9.09. The van der Waals surface area contributed by atoms with Crippen molar-refractivity contribution in [1.29, 1.82) is 0 Å². The number of nitrogens with zero attached hydrogens (tertiary/aromatic N) is 4. The van der Waals surface area contributed by atoms with Crippen LogP contribution >= 0.6 is 11.6 Å². The molecule has 0 saturated carbocycles. The third kappa shape index (κ3) is 5.71. The molecule has 0 unspecified atom stereocenters. The zero-order valence-corrected chi connectivity index (χ0v) is 19.9. The fraction of sp³-hybridized carbons (Fsp3) is 0.458. The summed E-state index contributed by atoms with van der Waals surface area (Å²) in [7, 11) is 0. The van der Waals surface area contributed by atoms with Crippen LogP contribution < -0.4 is 5.56 Å². The summed E-state index contributed by atoms with van der Waals surface area (Å²) in [4.78, 5) is 39.1. The normalized spacial score (nSPS) is 12.8. The van der Waals surface area contributed by atoms with Gasteiger partial charge < -0.3 is 4.74 Å². The lowest BCUT2D eigenvalue weighted by molar-refractivity contribution is -0.154. The summed E-state index contributed by atoms with van der Waals surface area (Å²) in [6.45, 7) is 9.55. The minimum Gasteiger partial charge on any atom is -0.460 e. The molecule has 8 heteroatoms. The quantitative estimate of drug-likeness (QED) is 0.376. The smallest absolute Gasteiger partial charge is 0.306 e. The first-order chi connectivity index (χ1) is 15.1. The molecule has 0 aliphatic rings. The van der Waals surface area contributed by atoms with Crippen LogP contribution in [-0.2, 0) is 16.0 Å². The van der Waals surface area contributed by atoms with Crippen molar-refractivity contribution in [3.63, 3.8) is 0 Å². The topological polar surface area (TPSA) is 87.0 Å². The molecule has 3 aromatic heterocycles. The van der Waals surface area contributed by atoms with Gasteiger partial charge >= 0.3 is 5.97 Å². The maximum Gasteiger partial charge on any atom is 0.306 e. The Morgan fingerprint density at radius 1 is 1.16 bits per heavy atom. The van der Waals surface area contributed by atoms with Crippen LogP contribution in [0.4, 0.5) is 0 Å². The highest BCUT2D eigenvalue weighted by Gasteiger charge is 2.25. The number of aryl methyl sites for hydroxylation is 1. The fourth-order valence-electron chi connectivity index (χ4n) is 3.65. The molecular weight excluding hydrogens is 428 g/mol. The molecule has 0 N–H and O–H groups in total. The van der Waals surface area contributed by atoms with E-state index in [-0.39, 0.29) is 35.1 Å². The molecule has 0 spiro atoms. The van der Waals surface area contributed by atoms with Gasteiger partial charge in [0.05, 0.1) is 11.7 Å². The molecule has 0 radical (unpaired) electrons. The number of hydrogen-bond donors (Lipinski definition) is 0. The highest BCUT2D eigenvalue weighted by molar-refractivity contribution is 6.29. The van der Waals surface area contributed by atoms with Crippen LogP contribution in [0.2, 0.25) is 5.15 Å². The summed E-state index contributed by atoms with van der Waals surface area (Å²) in [6.07, 6.45) is 2.73. The van der Waals surface area contributed by atoms with E-state index < -0.39 is 5.60 Å². The van der Waals surface area contributed by atoms with Crippen LogP contribution in [0.3, 0.4) is 0 Å². The molecule has 3 aromatic rings. The molecule has 7 nitrogen and oxygen atoms in total. The second kappa shape index (κ2) is 9.77. The van der Waals surface area contributed by atoms with E-state index in [1.807, 2.05) is 52.8 Å². The Morgan fingerprint density at radius 2 is 1.91 bits per heavy atom. The van der Waals surface area contributed by atoms with Crippen molar-refractivity contribution in [2.24, 2.45) is 5.92 Å². The number of carbonyl (C=O) groups is 1. The average Bonchev–Trinajstić information content (AvgIpc) is 2.70. The van der Waals surface area contributed by atoms with Crippen molar-refractivity contribution in [3.05, 3.63) is 63.4 Å². The molecule has 0 aliphatic carbocycles. The summed E-state index contributed by atoms with van der Waals surface area (Å²) in [5, 5.41) is 0.286. The van der Waals surface area contributed by atoms with E-state index in [0.717, 1.165) is 5.69 Å². The Balaban J connectivity index is 2.03. The average molecular weight is 457 g/mol. The number of esters is 1. The summed E-state index contributed by atoms with van der Waals surface area (Å²) < 4.78 is 7.01. The fourth-order valence-corrected chi connectivity index (χ4v) is 3.79. The van der Waals surface area contributed by atoms with Gasteiger partial charge in [-0.2, -0.15) is 0 Å². The van der Waals surface area contributed by atoms with Gasteiger partial charge in [0.25, 0.3) is 5.56 Å². The predicted molar refractivity (Wildman–Crippen MR) is 125 cm³/mol. The van der Waals surface area contributed by atoms with Crippen LogP contribution in [-0.4, -0.2) is 31.1 Å². The molecule has 3 rings (SSSR count). The molecule has 0 bridgehead atoms. The standard InChI is InChI=1S/C24H29ClN4O3/c1-15(2)21(16-9-6-7-14-26-16)29-22-17(12-13-19(25)28-22)27-18(23(29)31)10-8-11-20(30)32-24(3,4)5/h6-7,9,12-15,21H,8,10-11H2,1-5H3/t21-/m0/s1. The first-order valence-corrected chi connectivity index (χ1v) is 11.1. The van der Waals surface area contributed by atoms with Crippen molar-refractivity contribution >= 4 is 28.7 Å². The van der Waals surface area contributed by atoms with E-state index in [2.05, 4.69) is 15.0 Å². The summed E-state index contributed by atoms with van der Waals surface area (Å²) >= 11 is 6.16. The molecule has 3 heterocycles. The largest absolute Gasteiger partial charge is 0.460 e. The van der Waals surface area contributed by atoms with E-state index >= 15 is 0 Å². The molecular formula is C24H29ClN4O3. The van der Waals surface area contributed by atoms with Gasteiger partial charge in [0.15, 0.2) is 5.65 Å². The lowest BCUT2D eigenvalue weighted by atomic mass is 9.99. The highest BCUT2D eigenvalue weighted by Crippen LogP contribution is 2.27. The van der Waals surface area contributed by atoms with Crippen molar-refractivity contribution in [1.82, 2.24) is 19.5 Å². The highest BCUT2D eigenvalue weighted by atomic mass is 35.5. The van der Waals surface area contributed by atoms with E-state index in [1.165, 1.54) is 0 Å². The molecule has 0 amide bonds. The zero-order valence-electron chi connectivity index (χ0n) is 19.1. The van der Waals surface area contributed by atoms with Gasteiger partial charge in [-0.3, -0.25) is 19.1 Å². The van der Waals surface area contributed by atoms with Gasteiger partial charge in [-0.15, -0.1) is 0 Å². The number of ether oxygens (including phenoxy) is 1. The van der Waals surface area contributed by atoms with Gasteiger partial charge in [-0.1, -0.05) is 31.5 Å². The van der Waals surface area contributed by atoms with Crippen molar-refractivity contribution in [2.45, 2.75) is 65.5 Å². The molecule has 170 valence electrons. The van der Waals surface area contributed by atoms with Crippen molar-refractivity contribution in [2.75, 3.05) is 0 Å². The number of carbonyl (C=O) groups excluding carboxylic acids is 1. The Labute approximate surface area is 192 Å². The number of fused-ring (bicyclic) bond motifs is 1. The van der Waals surface area contributed by atoms with Gasteiger partial charge in [-0.25, -0.2) is 9.97 Å². The molecule has 0 aliphatic heterocycles. The minimum absolute atomic E-state index is 0.0589. The molecule has 0 fully saturated rings. The lowest BCUT2D eigenvalue weighted by Gasteiger charge is -2.25. The third-order valence-electron chi connectivity index (χ3n) is 4.88. The maximum atomic E-state index is 13.6. The SMILES string of the molecule is CC(C)[C@@H](c1ccccn1)n1c(=O)c(CCCC(=O)OC(C)(C)C)nc2ccc(Cl)nc21. The Bertz CT molecular complexity index is 1150. The molecule has 0 saturated heterocycles. The van der Waals surface area contributed by atoms with Crippen LogP contribution in [0, 0.1) is 5.92 Å². The second-order valence-corrected chi connectivity index (χ2v) is 9.48. The first-order valence-electron chi connectivity index (χ1n) is 10.8. The van der Waals surface area contributed by atoms with Gasteiger partial charge in [-0.05, 0) is 63.8 Å². The van der Waals surface area contributed by atoms with E-state index in [4.69, 9.17) is 16.3 Å². The number of rotatable bonds is 7. The monoisotopic (exact) mass is 456 g/mol. The number of halogens is 1. The van der Waals surface area contributed by atoms with Gasteiger partial charge in [0, 0.05) is 12.6 Å². The first kappa shape index (κ1) is 23.9. The molecule has 32 heavy (non-hydrogen) atoms. The van der Waals surface area contributed by atoms with E-state index in [1.54, 1.807) is 22.9 Å². The summed E-state index contributed by atoms with van der Waals surface area (Å²) in [5.74, 6) is -0.232. The number of hydrogen-bond acceptors (Lipinski definition) is 6. The van der Waals surface area contributed by atoms with Gasteiger partial charge in [0.2, 0.25) is 0 Å². The molecule has 0 aromatic carbocycles. The van der Waals surface area contributed by atoms with Crippen molar-refractivity contribution < 1.29 is 9.53 Å².